The summed E-state index contributed by atoms with van der Waals surface area (Å²) in [7, 11) is 0. The van der Waals surface area contributed by atoms with Gasteiger partial charge in [0.1, 0.15) is 0 Å². The van der Waals surface area contributed by atoms with Gasteiger partial charge in [0.2, 0.25) is 0 Å². The number of hydrogen-bond acceptors (Lipinski definition) is 0. The van der Waals surface area contributed by atoms with Crippen molar-refractivity contribution < 1.29 is 65.3 Å². The van der Waals surface area contributed by atoms with Gasteiger partial charge >= 0.3 is 0 Å². The van der Waals surface area contributed by atoms with E-state index in [2.05, 4.69) is 0 Å². The predicted octanol–water partition coefficient (Wildman–Crippen LogP) is -0.832. The standard InChI is InChI=1S/Mn.H2O.Ti.W/h;1H2;;. The van der Waals surface area contributed by atoms with Crippen LogP contribution in [-0.4, -0.2) is 5.48 Å². The molecule has 0 aromatic heterocycles. The van der Waals surface area contributed by atoms with Crippen LogP contribution in [0.2, 0.25) is 0 Å². The van der Waals surface area contributed by atoms with Gasteiger partial charge < -0.3 is 5.48 Å². The molecule has 25 valence electrons. The molecule has 4 heteroatoms. The molecule has 0 spiro atoms. The molecule has 0 atom stereocenters. The molecule has 0 aliphatic carbocycles. The first-order valence-corrected chi connectivity index (χ1v) is 0. The third kappa shape index (κ3) is 9.10. The SMILES string of the molecule is O.[Mn].[Ti].[W]. The van der Waals surface area contributed by atoms with Gasteiger partial charge in [0.15, 0.2) is 0 Å². The fraction of sp³-hybridized carbons (Fsp3) is 0. The fourth-order valence-corrected chi connectivity index (χ4v) is 0. The Bertz CT molecular complexity index is 8.00. The second-order valence-corrected chi connectivity index (χ2v) is 0. The third-order valence-electron chi connectivity index (χ3n) is 0. The summed E-state index contributed by atoms with van der Waals surface area (Å²) in [4.78, 5) is 0. The molecular weight excluding hydrogens is 303 g/mol. The zero-order chi connectivity index (χ0) is 0. The van der Waals surface area contributed by atoms with E-state index in [4.69, 9.17) is 0 Å². The van der Waals surface area contributed by atoms with Crippen molar-refractivity contribution in [2.24, 2.45) is 0 Å². The minimum Gasteiger partial charge on any atom is -0.412 e. The Labute approximate surface area is 64.8 Å². The van der Waals surface area contributed by atoms with E-state index in [0.717, 1.165) is 0 Å². The summed E-state index contributed by atoms with van der Waals surface area (Å²) in [5.41, 5.74) is 0. The molecular formula is H2MnOTiW. The maximum absolute atomic E-state index is 0. The van der Waals surface area contributed by atoms with Gasteiger partial charge in [-0.15, -0.1) is 0 Å². The molecule has 0 aliphatic rings. The first-order chi connectivity index (χ1) is 0. The Morgan fingerprint density at radius 2 is 1.00 bits per heavy atom. The summed E-state index contributed by atoms with van der Waals surface area (Å²) in [5, 5.41) is 0. The average Bonchev–Trinajstić information content (AvgIpc) is 0. The largest absolute Gasteiger partial charge is 0.412 e. The summed E-state index contributed by atoms with van der Waals surface area (Å²) in [6, 6.07) is 0. The number of rotatable bonds is 0. The van der Waals surface area contributed by atoms with Crippen molar-refractivity contribution in [3.05, 3.63) is 0 Å². The van der Waals surface area contributed by atoms with E-state index in [1.165, 1.54) is 0 Å². The summed E-state index contributed by atoms with van der Waals surface area (Å²) >= 11 is 0. The van der Waals surface area contributed by atoms with Crippen LogP contribution in [0, 0.1) is 0 Å². The zero-order valence-electron chi connectivity index (χ0n) is 1.79. The summed E-state index contributed by atoms with van der Waals surface area (Å²) in [6.07, 6.45) is 0. The van der Waals surface area contributed by atoms with Crippen molar-refractivity contribution in [1.82, 2.24) is 0 Å². The predicted molar refractivity (Wildman–Crippen MR) is 3.61 cm³/mol. The van der Waals surface area contributed by atoms with E-state index in [9.17, 15) is 0 Å². The summed E-state index contributed by atoms with van der Waals surface area (Å²) < 4.78 is 0. The van der Waals surface area contributed by atoms with Crippen LogP contribution in [0.25, 0.3) is 0 Å². The monoisotopic (exact) mass is 305 g/mol. The van der Waals surface area contributed by atoms with Crippen molar-refractivity contribution in [2.45, 2.75) is 0 Å². The molecule has 0 aromatic rings. The minimum atomic E-state index is 0. The molecule has 1 radical (unpaired) electrons. The van der Waals surface area contributed by atoms with Crippen LogP contribution in [0.1, 0.15) is 0 Å². The molecule has 0 saturated carbocycles. The van der Waals surface area contributed by atoms with Crippen LogP contribution in [0.3, 0.4) is 0 Å². The first-order valence-electron chi connectivity index (χ1n) is 0. The average molecular weight is 305 g/mol. The molecule has 0 amide bonds. The molecule has 1 nitrogen and oxygen atoms in total. The first kappa shape index (κ1) is 39.6. The normalized spacial score (nSPS) is 0. The Kier molecular flexibility index (Phi) is 206. The molecule has 0 fully saturated rings. The van der Waals surface area contributed by atoms with Crippen LogP contribution < -0.4 is 0 Å². The van der Waals surface area contributed by atoms with Gasteiger partial charge in [0.25, 0.3) is 0 Å². The van der Waals surface area contributed by atoms with E-state index in [1.807, 2.05) is 0 Å². The molecule has 0 aliphatic heterocycles. The van der Waals surface area contributed by atoms with Crippen molar-refractivity contribution in [2.75, 3.05) is 0 Å². The molecule has 0 saturated heterocycles. The molecule has 2 N–H and O–H groups in total. The molecule has 0 unspecified atom stereocenters. The molecule has 4 heavy (non-hydrogen) atoms. The quantitative estimate of drug-likeness (QED) is 0.523. The van der Waals surface area contributed by atoms with Crippen LogP contribution in [0.5, 0.6) is 0 Å². The van der Waals surface area contributed by atoms with Crippen LogP contribution in [-0.2, 0) is 59.9 Å². The van der Waals surface area contributed by atoms with Crippen molar-refractivity contribution in [1.29, 1.82) is 0 Å². The second kappa shape index (κ2) is 20.8. The van der Waals surface area contributed by atoms with Gasteiger partial charge in [0, 0.05) is 59.9 Å². The fourth-order valence-electron chi connectivity index (χ4n) is 0. The maximum Gasteiger partial charge on any atom is 0 e. The molecule has 0 aromatic carbocycles. The second-order valence-electron chi connectivity index (χ2n) is 0. The smallest absolute Gasteiger partial charge is 0 e. The third-order valence-corrected chi connectivity index (χ3v) is 0. The van der Waals surface area contributed by atoms with E-state index in [0.29, 0.717) is 0 Å². The Morgan fingerprint density at radius 1 is 1.00 bits per heavy atom. The van der Waals surface area contributed by atoms with Gasteiger partial charge in [-0.2, -0.15) is 0 Å². The maximum atomic E-state index is 0. The van der Waals surface area contributed by atoms with Gasteiger partial charge in [-0.1, -0.05) is 0 Å². The number of hydrogen-bond donors (Lipinski definition) is 0. The van der Waals surface area contributed by atoms with Crippen LogP contribution in [0.4, 0.5) is 0 Å². The van der Waals surface area contributed by atoms with Crippen LogP contribution >= 0.6 is 0 Å². The molecule has 0 bridgehead atoms. The van der Waals surface area contributed by atoms with Gasteiger partial charge in [-0.3, -0.25) is 0 Å². The molecule has 0 heterocycles. The van der Waals surface area contributed by atoms with E-state index < -0.39 is 0 Å². The minimum absolute atomic E-state index is 0. The van der Waals surface area contributed by atoms with Gasteiger partial charge in [-0.05, 0) is 0 Å². The zero-order valence-corrected chi connectivity index (χ0v) is 7.46. The van der Waals surface area contributed by atoms with E-state index >= 15 is 0 Å². The summed E-state index contributed by atoms with van der Waals surface area (Å²) in [6.45, 7) is 0. The van der Waals surface area contributed by atoms with E-state index in [1.54, 1.807) is 0 Å². The van der Waals surface area contributed by atoms with Gasteiger partial charge in [-0.25, -0.2) is 0 Å². The Hall–Kier alpha value is 1.88. The molecule has 0 rings (SSSR count). The summed E-state index contributed by atoms with van der Waals surface area (Å²) in [5.74, 6) is 0. The van der Waals surface area contributed by atoms with Crippen molar-refractivity contribution in [3.8, 4) is 0 Å². The van der Waals surface area contributed by atoms with Crippen molar-refractivity contribution >= 4 is 0 Å². The Morgan fingerprint density at radius 3 is 1.00 bits per heavy atom. The van der Waals surface area contributed by atoms with E-state index in [-0.39, 0.29) is 65.3 Å². The van der Waals surface area contributed by atoms with Crippen LogP contribution in [0.15, 0.2) is 0 Å². The van der Waals surface area contributed by atoms with Crippen molar-refractivity contribution in [3.63, 3.8) is 0 Å². The topological polar surface area (TPSA) is 31.5 Å². The van der Waals surface area contributed by atoms with Gasteiger partial charge in [0.05, 0.1) is 0 Å². The Balaban J connectivity index is 0.